The summed E-state index contributed by atoms with van der Waals surface area (Å²) in [4.78, 5) is 23.8. The predicted molar refractivity (Wildman–Crippen MR) is 93.0 cm³/mol. The number of carbonyl (C=O) groups excluding carboxylic acids is 2. The van der Waals surface area contributed by atoms with E-state index < -0.39 is 5.97 Å². The Hall–Kier alpha value is -3.08. The number of aryl methyl sites for hydroxylation is 1. The normalized spacial score (nSPS) is 14.2. The van der Waals surface area contributed by atoms with Crippen molar-refractivity contribution in [2.24, 2.45) is 0 Å². The maximum absolute atomic E-state index is 12.7. The average molecular weight is 338 g/mol. The Labute approximate surface area is 145 Å². The molecule has 0 amide bonds. The molecule has 128 valence electrons. The highest BCUT2D eigenvalue weighted by Gasteiger charge is 2.30. The molecule has 0 aromatic heterocycles. The average Bonchev–Trinajstić information content (AvgIpc) is 2.85. The van der Waals surface area contributed by atoms with E-state index in [2.05, 4.69) is 0 Å². The zero-order chi connectivity index (χ0) is 18.0. The Morgan fingerprint density at radius 3 is 2.72 bits per heavy atom. The third kappa shape index (κ3) is 3.40. The quantitative estimate of drug-likeness (QED) is 0.480. The Bertz CT molecular complexity index is 880. The van der Waals surface area contributed by atoms with Crippen LogP contribution in [-0.2, 0) is 4.79 Å². The van der Waals surface area contributed by atoms with Gasteiger partial charge in [-0.25, -0.2) is 0 Å². The third-order valence-corrected chi connectivity index (χ3v) is 3.71. The third-order valence-electron chi connectivity index (χ3n) is 3.71. The van der Waals surface area contributed by atoms with Crippen LogP contribution in [0.1, 0.15) is 35.3 Å². The second-order valence-corrected chi connectivity index (χ2v) is 5.62. The Morgan fingerprint density at radius 1 is 1.24 bits per heavy atom. The molecule has 5 nitrogen and oxygen atoms in total. The summed E-state index contributed by atoms with van der Waals surface area (Å²) in [6.07, 6.45) is 1.66. The molecule has 0 spiro atoms. The van der Waals surface area contributed by atoms with Crippen LogP contribution in [0.25, 0.3) is 6.08 Å². The van der Waals surface area contributed by atoms with Gasteiger partial charge in [-0.1, -0.05) is 18.2 Å². The van der Waals surface area contributed by atoms with Crippen molar-refractivity contribution in [1.82, 2.24) is 0 Å². The van der Waals surface area contributed by atoms with Gasteiger partial charge in [-0.15, -0.1) is 0 Å². The van der Waals surface area contributed by atoms with E-state index >= 15 is 0 Å². The molecule has 0 saturated heterocycles. The fourth-order valence-electron chi connectivity index (χ4n) is 2.73. The fraction of sp³-hybridized carbons (Fsp3) is 0.200. The Morgan fingerprint density at radius 2 is 2.00 bits per heavy atom. The Balaban J connectivity index is 1.98. The molecule has 1 aliphatic rings. The molecular formula is C20H18O5. The van der Waals surface area contributed by atoms with Crippen molar-refractivity contribution >= 4 is 17.8 Å². The van der Waals surface area contributed by atoms with Gasteiger partial charge in [-0.3, -0.25) is 9.59 Å². The number of hydrogen-bond donors (Lipinski definition) is 0. The van der Waals surface area contributed by atoms with E-state index in [9.17, 15) is 9.59 Å². The molecule has 0 atom stereocenters. The van der Waals surface area contributed by atoms with Crippen LogP contribution >= 0.6 is 0 Å². The van der Waals surface area contributed by atoms with Gasteiger partial charge in [0.05, 0.1) is 12.2 Å². The van der Waals surface area contributed by atoms with Gasteiger partial charge in [0.25, 0.3) is 0 Å². The lowest BCUT2D eigenvalue weighted by molar-refractivity contribution is -0.131. The van der Waals surface area contributed by atoms with Crippen molar-refractivity contribution in [3.8, 4) is 17.2 Å². The number of para-hydroxylation sites is 1. The first-order chi connectivity index (χ1) is 12.0. The van der Waals surface area contributed by atoms with Gasteiger partial charge in [0.15, 0.2) is 5.76 Å². The minimum Gasteiger partial charge on any atom is -0.493 e. The molecule has 2 aromatic rings. The van der Waals surface area contributed by atoms with Gasteiger partial charge in [0.1, 0.15) is 17.2 Å². The molecule has 0 unspecified atom stereocenters. The lowest BCUT2D eigenvalue weighted by atomic mass is 10.0. The molecule has 0 N–H and O–H groups in total. The minimum atomic E-state index is -0.426. The molecule has 5 heteroatoms. The number of Topliss-reactive ketones (excluding diaryl/α,β-unsaturated/α-hetero) is 1. The molecule has 0 saturated carbocycles. The van der Waals surface area contributed by atoms with E-state index in [1.165, 1.54) is 6.92 Å². The monoisotopic (exact) mass is 338 g/mol. The number of rotatable bonds is 4. The van der Waals surface area contributed by atoms with Crippen molar-refractivity contribution in [1.29, 1.82) is 0 Å². The number of esters is 1. The van der Waals surface area contributed by atoms with Crippen LogP contribution in [0.2, 0.25) is 0 Å². The molecule has 0 aliphatic carbocycles. The lowest BCUT2D eigenvalue weighted by Crippen LogP contribution is -2.02. The van der Waals surface area contributed by atoms with Gasteiger partial charge in [0.2, 0.25) is 5.78 Å². The Kier molecular flexibility index (Phi) is 4.57. The van der Waals surface area contributed by atoms with E-state index in [-0.39, 0.29) is 11.5 Å². The summed E-state index contributed by atoms with van der Waals surface area (Å²) in [5, 5.41) is 0. The van der Waals surface area contributed by atoms with E-state index in [0.29, 0.717) is 35.0 Å². The fourth-order valence-corrected chi connectivity index (χ4v) is 2.73. The van der Waals surface area contributed by atoms with Crippen LogP contribution < -0.4 is 14.2 Å². The summed E-state index contributed by atoms with van der Waals surface area (Å²) < 4.78 is 16.4. The first-order valence-corrected chi connectivity index (χ1v) is 7.98. The van der Waals surface area contributed by atoms with Crippen LogP contribution in [0.5, 0.6) is 17.2 Å². The molecular weight excluding hydrogens is 320 g/mol. The lowest BCUT2D eigenvalue weighted by Gasteiger charge is -2.07. The van der Waals surface area contributed by atoms with Gasteiger partial charge < -0.3 is 14.2 Å². The number of hydrogen-bond acceptors (Lipinski definition) is 5. The van der Waals surface area contributed by atoms with Crippen LogP contribution in [-0.4, -0.2) is 18.4 Å². The van der Waals surface area contributed by atoms with E-state index in [1.807, 2.05) is 31.2 Å². The largest absolute Gasteiger partial charge is 0.493 e. The predicted octanol–water partition coefficient (Wildman–Crippen LogP) is 3.94. The standard InChI is InChI=1S/C20H18O5/c1-4-23-16-8-6-5-7-14(16)10-18-20(22)19-12(2)9-15(24-13(3)21)11-17(19)25-18/h5-11H,4H2,1-3H3/b18-10-. The number of fused-ring (bicyclic) bond motifs is 1. The van der Waals surface area contributed by atoms with Gasteiger partial charge >= 0.3 is 5.97 Å². The summed E-state index contributed by atoms with van der Waals surface area (Å²) >= 11 is 0. The molecule has 0 bridgehead atoms. The van der Waals surface area contributed by atoms with Gasteiger partial charge in [-0.2, -0.15) is 0 Å². The summed E-state index contributed by atoms with van der Waals surface area (Å²) in [7, 11) is 0. The van der Waals surface area contributed by atoms with Crippen LogP contribution in [0.15, 0.2) is 42.2 Å². The van der Waals surface area contributed by atoms with E-state index in [0.717, 1.165) is 5.56 Å². The highest BCUT2D eigenvalue weighted by molar-refractivity contribution is 6.15. The number of benzene rings is 2. The number of carbonyl (C=O) groups is 2. The van der Waals surface area contributed by atoms with E-state index in [1.54, 1.807) is 25.1 Å². The summed E-state index contributed by atoms with van der Waals surface area (Å²) in [6.45, 7) is 5.53. The first-order valence-electron chi connectivity index (χ1n) is 7.98. The molecule has 1 aliphatic heterocycles. The van der Waals surface area contributed by atoms with Crippen molar-refractivity contribution in [2.45, 2.75) is 20.8 Å². The highest BCUT2D eigenvalue weighted by atomic mass is 16.5. The zero-order valence-corrected chi connectivity index (χ0v) is 14.3. The SMILES string of the molecule is CCOc1ccccc1/C=C1\Oc2cc(OC(C)=O)cc(C)c2C1=O. The smallest absolute Gasteiger partial charge is 0.308 e. The van der Waals surface area contributed by atoms with Gasteiger partial charge in [-0.05, 0) is 37.6 Å². The molecule has 0 radical (unpaired) electrons. The van der Waals surface area contributed by atoms with Gasteiger partial charge in [0, 0.05) is 18.6 Å². The molecule has 0 fully saturated rings. The minimum absolute atomic E-state index is 0.201. The molecule has 2 aromatic carbocycles. The first kappa shape index (κ1) is 16.8. The maximum Gasteiger partial charge on any atom is 0.308 e. The highest BCUT2D eigenvalue weighted by Crippen LogP contribution is 2.38. The van der Waals surface area contributed by atoms with Crippen molar-refractivity contribution in [2.75, 3.05) is 6.61 Å². The number of ether oxygens (including phenoxy) is 3. The van der Waals surface area contributed by atoms with Crippen molar-refractivity contribution < 1.29 is 23.8 Å². The molecule has 25 heavy (non-hydrogen) atoms. The van der Waals surface area contributed by atoms with Crippen LogP contribution in [0, 0.1) is 6.92 Å². The topological polar surface area (TPSA) is 61.8 Å². The summed E-state index contributed by atoms with van der Waals surface area (Å²) in [5.41, 5.74) is 1.94. The van der Waals surface area contributed by atoms with Crippen molar-refractivity contribution in [3.05, 3.63) is 58.8 Å². The maximum atomic E-state index is 12.7. The number of allylic oxidation sites excluding steroid dienone is 1. The molecule has 1 heterocycles. The van der Waals surface area contributed by atoms with Crippen LogP contribution in [0.4, 0.5) is 0 Å². The summed E-state index contributed by atoms with van der Waals surface area (Å²) in [5.74, 6) is 1.01. The summed E-state index contributed by atoms with van der Waals surface area (Å²) in [6, 6.07) is 10.6. The second-order valence-electron chi connectivity index (χ2n) is 5.62. The van der Waals surface area contributed by atoms with E-state index in [4.69, 9.17) is 14.2 Å². The second kappa shape index (κ2) is 6.81. The zero-order valence-electron chi connectivity index (χ0n) is 14.3. The van der Waals surface area contributed by atoms with Crippen molar-refractivity contribution in [3.63, 3.8) is 0 Å². The molecule has 3 rings (SSSR count). The number of ketones is 1. The van der Waals surface area contributed by atoms with Crippen LogP contribution in [0.3, 0.4) is 0 Å².